The highest BCUT2D eigenvalue weighted by molar-refractivity contribution is 7.91. The van der Waals surface area contributed by atoms with E-state index >= 15 is 8.78 Å². The number of aromatic nitrogens is 3. The molecule has 0 radical (unpaired) electrons. The molecule has 5 rings (SSSR count). The van der Waals surface area contributed by atoms with Crippen LogP contribution in [0.4, 0.5) is 29.2 Å². The van der Waals surface area contributed by atoms with Gasteiger partial charge in [0.2, 0.25) is 16.0 Å². The summed E-state index contributed by atoms with van der Waals surface area (Å²) in [6, 6.07) is 10.2. The molecule has 14 heteroatoms. The van der Waals surface area contributed by atoms with E-state index in [2.05, 4.69) is 20.6 Å². The molecule has 1 unspecified atom stereocenters. The molecule has 9 nitrogen and oxygen atoms in total. The van der Waals surface area contributed by atoms with Gasteiger partial charge in [-0.1, -0.05) is 30.3 Å². The predicted octanol–water partition coefficient (Wildman–Crippen LogP) is 4.32. The van der Waals surface area contributed by atoms with E-state index in [1.807, 2.05) is 4.72 Å². The summed E-state index contributed by atoms with van der Waals surface area (Å²) in [5, 5.41) is 6.20. The van der Waals surface area contributed by atoms with Crippen molar-refractivity contribution in [3.05, 3.63) is 82.3 Å². The van der Waals surface area contributed by atoms with Crippen LogP contribution in [0.3, 0.4) is 0 Å². The van der Waals surface area contributed by atoms with Crippen molar-refractivity contribution in [3.63, 3.8) is 0 Å². The first kappa shape index (κ1) is 29.5. The van der Waals surface area contributed by atoms with Crippen LogP contribution in [0.25, 0.3) is 22.2 Å². The fraction of sp³-hybridized carbons (Fsp3) is 0.321. The SMILES string of the molecule is CC(CF)n1c(=O)c(-c2ccc(NS(=O)(=O)Cc3ccccc3)c(F)c2F)cc2cnc(N[C@@H]3CNC[C@@H](F)C3)nc21. The molecule has 3 N–H and O–H groups in total. The normalized spacial score (nSPS) is 18.1. The molecule has 0 aliphatic carbocycles. The summed E-state index contributed by atoms with van der Waals surface area (Å²) >= 11 is 0. The largest absolute Gasteiger partial charge is 0.350 e. The molecule has 1 aliphatic rings. The van der Waals surface area contributed by atoms with Crippen LogP contribution < -0.4 is 20.9 Å². The monoisotopic (exact) mass is 604 g/mol. The van der Waals surface area contributed by atoms with Crippen molar-refractivity contribution < 1.29 is 26.0 Å². The van der Waals surface area contributed by atoms with Gasteiger partial charge < -0.3 is 10.6 Å². The lowest BCUT2D eigenvalue weighted by Gasteiger charge is -2.26. The molecule has 0 amide bonds. The molecule has 2 aromatic heterocycles. The maximum Gasteiger partial charge on any atom is 0.260 e. The van der Waals surface area contributed by atoms with E-state index in [1.165, 1.54) is 19.2 Å². The number of anilines is 2. The van der Waals surface area contributed by atoms with Crippen LogP contribution in [0, 0.1) is 11.6 Å². The van der Waals surface area contributed by atoms with Gasteiger partial charge in [-0.3, -0.25) is 14.1 Å². The molecule has 42 heavy (non-hydrogen) atoms. The molecule has 1 fully saturated rings. The van der Waals surface area contributed by atoms with E-state index < -0.39 is 63.1 Å². The first-order chi connectivity index (χ1) is 20.1. The van der Waals surface area contributed by atoms with Crippen molar-refractivity contribution in [1.29, 1.82) is 0 Å². The number of benzene rings is 2. The molecule has 2 aromatic carbocycles. The second kappa shape index (κ2) is 12.1. The Kier molecular flexibility index (Phi) is 8.45. The van der Waals surface area contributed by atoms with Gasteiger partial charge in [0, 0.05) is 42.7 Å². The number of nitrogens with zero attached hydrogens (tertiary/aromatic N) is 3. The molecule has 0 bridgehead atoms. The number of halogens is 4. The van der Waals surface area contributed by atoms with E-state index in [4.69, 9.17) is 0 Å². The summed E-state index contributed by atoms with van der Waals surface area (Å²) in [5.74, 6) is -3.33. The number of nitrogens with one attached hydrogen (secondary N) is 3. The Hall–Kier alpha value is -4.04. The Morgan fingerprint density at radius 1 is 1.10 bits per heavy atom. The minimum absolute atomic E-state index is 0.0538. The highest BCUT2D eigenvalue weighted by Crippen LogP contribution is 2.30. The fourth-order valence-electron chi connectivity index (χ4n) is 4.88. The van der Waals surface area contributed by atoms with E-state index in [9.17, 15) is 22.0 Å². The number of rotatable bonds is 9. The number of fused-ring (bicyclic) bond motifs is 1. The number of hydrogen-bond donors (Lipinski definition) is 3. The lowest BCUT2D eigenvalue weighted by atomic mass is 10.0. The molecular formula is C28H28F4N6O3S. The zero-order valence-electron chi connectivity index (χ0n) is 22.5. The van der Waals surface area contributed by atoms with Crippen LogP contribution in [0.2, 0.25) is 0 Å². The molecule has 0 spiro atoms. The van der Waals surface area contributed by atoms with Gasteiger partial charge in [0.1, 0.15) is 18.5 Å². The number of pyridine rings is 1. The van der Waals surface area contributed by atoms with Crippen molar-refractivity contribution in [2.75, 3.05) is 29.8 Å². The lowest BCUT2D eigenvalue weighted by Crippen LogP contribution is -2.44. The molecular weight excluding hydrogens is 576 g/mol. The van der Waals surface area contributed by atoms with Crippen molar-refractivity contribution in [3.8, 4) is 11.1 Å². The Morgan fingerprint density at radius 2 is 1.86 bits per heavy atom. The molecule has 1 aliphatic heterocycles. The van der Waals surface area contributed by atoms with Gasteiger partial charge in [-0.15, -0.1) is 0 Å². The first-order valence-corrected chi connectivity index (χ1v) is 14.8. The third-order valence-corrected chi connectivity index (χ3v) is 8.15. The average Bonchev–Trinajstić information content (AvgIpc) is 2.95. The van der Waals surface area contributed by atoms with E-state index in [-0.39, 0.29) is 41.6 Å². The standard InChI is InChI=1S/C28H28F4N6O3S/c1-16(11-29)38-26-18(12-34-28(36-26)35-20-10-19(30)13-33-14-20)9-22(27(38)39)21-7-8-23(25(32)24(21)31)37-42(40,41)15-17-5-3-2-4-6-17/h2-9,12,16,19-20,33,37H,10-11,13-15H2,1H3,(H,34,35,36)/t16?,19-,20-/m0/s1. The van der Waals surface area contributed by atoms with Crippen LogP contribution in [0.5, 0.6) is 0 Å². The summed E-state index contributed by atoms with van der Waals surface area (Å²) in [4.78, 5) is 22.2. The van der Waals surface area contributed by atoms with Gasteiger partial charge in [-0.2, -0.15) is 4.98 Å². The fourth-order valence-corrected chi connectivity index (χ4v) is 6.07. The quantitative estimate of drug-likeness (QED) is 0.244. The van der Waals surface area contributed by atoms with Gasteiger partial charge in [-0.25, -0.2) is 31.0 Å². The van der Waals surface area contributed by atoms with Gasteiger partial charge in [0.25, 0.3) is 5.56 Å². The molecule has 222 valence electrons. The molecule has 4 aromatic rings. The van der Waals surface area contributed by atoms with Crippen molar-refractivity contribution in [2.24, 2.45) is 0 Å². The zero-order chi connectivity index (χ0) is 30.0. The van der Waals surface area contributed by atoms with E-state index in [1.54, 1.807) is 30.3 Å². The average molecular weight is 605 g/mol. The van der Waals surface area contributed by atoms with Crippen LogP contribution in [-0.2, 0) is 15.8 Å². The highest BCUT2D eigenvalue weighted by Gasteiger charge is 2.25. The third kappa shape index (κ3) is 6.23. The minimum Gasteiger partial charge on any atom is -0.350 e. The van der Waals surface area contributed by atoms with Gasteiger partial charge >= 0.3 is 0 Å². The first-order valence-electron chi connectivity index (χ1n) is 13.2. The third-order valence-electron chi connectivity index (χ3n) is 6.90. The lowest BCUT2D eigenvalue weighted by molar-refractivity contribution is 0.254. The summed E-state index contributed by atoms with van der Waals surface area (Å²) in [5.41, 5.74) is -1.70. The Balaban J connectivity index is 1.51. The van der Waals surface area contributed by atoms with E-state index in [0.29, 0.717) is 12.1 Å². The Bertz CT molecular complexity index is 1770. The van der Waals surface area contributed by atoms with Crippen molar-refractivity contribution >= 4 is 32.7 Å². The topological polar surface area (TPSA) is 118 Å². The van der Waals surface area contributed by atoms with Crippen LogP contribution in [0.15, 0.2) is 59.5 Å². The molecule has 3 heterocycles. The summed E-state index contributed by atoms with van der Waals surface area (Å²) in [6.07, 6.45) is 0.521. The van der Waals surface area contributed by atoms with Crippen LogP contribution >= 0.6 is 0 Å². The minimum atomic E-state index is -4.09. The number of piperidine rings is 1. The van der Waals surface area contributed by atoms with Crippen LogP contribution in [-0.4, -0.2) is 54.9 Å². The summed E-state index contributed by atoms with van der Waals surface area (Å²) in [7, 11) is -4.09. The number of sulfonamides is 1. The van der Waals surface area contributed by atoms with Crippen molar-refractivity contribution in [1.82, 2.24) is 19.9 Å². The van der Waals surface area contributed by atoms with Crippen LogP contribution in [0.1, 0.15) is 24.9 Å². The number of hydrogen-bond acceptors (Lipinski definition) is 7. The Labute approximate surface area is 239 Å². The smallest absolute Gasteiger partial charge is 0.260 e. The van der Waals surface area contributed by atoms with E-state index in [0.717, 1.165) is 16.7 Å². The highest BCUT2D eigenvalue weighted by atomic mass is 32.2. The maximum atomic E-state index is 15.4. The molecule has 1 saturated heterocycles. The second-order valence-electron chi connectivity index (χ2n) is 10.2. The summed E-state index contributed by atoms with van der Waals surface area (Å²) in [6.45, 7) is 1.18. The number of alkyl halides is 2. The van der Waals surface area contributed by atoms with Gasteiger partial charge in [0.05, 0.1) is 23.0 Å². The molecule has 3 atom stereocenters. The summed E-state index contributed by atoms with van der Waals surface area (Å²) < 4.78 is 86.5. The second-order valence-corrected chi connectivity index (χ2v) is 11.9. The van der Waals surface area contributed by atoms with Gasteiger partial charge in [0.15, 0.2) is 11.6 Å². The van der Waals surface area contributed by atoms with Crippen molar-refractivity contribution in [2.45, 2.75) is 37.4 Å². The van der Waals surface area contributed by atoms with Gasteiger partial charge in [-0.05, 0) is 30.7 Å². The predicted molar refractivity (Wildman–Crippen MR) is 152 cm³/mol. The maximum absolute atomic E-state index is 15.4. The zero-order valence-corrected chi connectivity index (χ0v) is 23.3. The molecule has 0 saturated carbocycles. The Morgan fingerprint density at radius 3 is 2.57 bits per heavy atom.